The summed E-state index contributed by atoms with van der Waals surface area (Å²) in [5, 5.41) is 30.8. The van der Waals surface area contributed by atoms with Gasteiger partial charge in [0.1, 0.15) is 36.8 Å². The van der Waals surface area contributed by atoms with Crippen LogP contribution in [0.2, 0.25) is 0 Å². The number of allylic oxidation sites excluding steroid dienone is 4. The van der Waals surface area contributed by atoms with Crippen molar-refractivity contribution < 1.29 is 56.8 Å². The molecule has 0 bridgehead atoms. The molecular weight excluding hydrogens is 741 g/mol. The number of carbonyl (C=O) groups excluding carboxylic acids is 2. The maximum Gasteiger partial charge on any atom is 0.306 e. The summed E-state index contributed by atoms with van der Waals surface area (Å²) in [6, 6.07) is 0. The summed E-state index contributed by atoms with van der Waals surface area (Å²) in [4.78, 5) is 25.3. The number of carbonyl (C=O) groups is 2. The second-order valence-corrected chi connectivity index (χ2v) is 16.8. The number of esters is 2. The minimum atomic E-state index is -4.60. The standard InChI is InChI=1S/C43H78O12S/c1-3-5-7-9-11-13-15-17-18-20-21-23-25-27-29-31-38(44)52-33-36(34-53-43-42(48)41(47)40(46)37(55-43)35-56(49,50)51)54-39(45)32-30-28-26-24-22-19-16-14-12-10-8-6-4-2/h5,7,11,13,36-37,40-43,46-48H,3-4,6,8-10,12,14-35H2,1-2H3,(H,49,50,51). The van der Waals surface area contributed by atoms with Gasteiger partial charge in [-0.15, -0.1) is 0 Å². The Morgan fingerprint density at radius 2 is 1.12 bits per heavy atom. The largest absolute Gasteiger partial charge is 0.462 e. The van der Waals surface area contributed by atoms with Crippen LogP contribution in [0.5, 0.6) is 0 Å². The van der Waals surface area contributed by atoms with E-state index >= 15 is 0 Å². The summed E-state index contributed by atoms with van der Waals surface area (Å²) in [7, 11) is -4.60. The van der Waals surface area contributed by atoms with E-state index < -0.39 is 71.2 Å². The molecule has 1 heterocycles. The summed E-state index contributed by atoms with van der Waals surface area (Å²) < 4.78 is 54.0. The lowest BCUT2D eigenvalue weighted by atomic mass is 10.00. The number of ether oxygens (including phenoxy) is 4. The van der Waals surface area contributed by atoms with Crippen LogP contribution < -0.4 is 0 Å². The van der Waals surface area contributed by atoms with Gasteiger partial charge in [0.05, 0.1) is 6.61 Å². The molecule has 6 atom stereocenters. The van der Waals surface area contributed by atoms with Crippen molar-refractivity contribution in [1.82, 2.24) is 0 Å². The summed E-state index contributed by atoms with van der Waals surface area (Å²) in [6.45, 7) is 3.65. The van der Waals surface area contributed by atoms with Crippen LogP contribution >= 0.6 is 0 Å². The SMILES string of the molecule is CCC=CCC=CCCCCCCCCCCC(=O)OCC(COC1OC(CS(=O)(=O)O)C(O)C(O)C1O)OC(=O)CCCCCCCCCCCCCCC. The predicted molar refractivity (Wildman–Crippen MR) is 220 cm³/mol. The van der Waals surface area contributed by atoms with Crippen molar-refractivity contribution in [3.05, 3.63) is 24.3 Å². The molecule has 1 saturated heterocycles. The van der Waals surface area contributed by atoms with Crippen LogP contribution in [0.4, 0.5) is 0 Å². The molecule has 6 unspecified atom stereocenters. The average Bonchev–Trinajstić information content (AvgIpc) is 3.16. The first-order valence-electron chi connectivity index (χ1n) is 21.9. The highest BCUT2D eigenvalue weighted by molar-refractivity contribution is 7.85. The number of rotatable bonds is 36. The lowest BCUT2D eigenvalue weighted by molar-refractivity contribution is -0.297. The highest BCUT2D eigenvalue weighted by Gasteiger charge is 2.46. The maximum atomic E-state index is 12.8. The molecule has 1 rings (SSSR count). The number of hydrogen-bond donors (Lipinski definition) is 4. The van der Waals surface area contributed by atoms with Gasteiger partial charge in [-0.25, -0.2) is 0 Å². The molecule has 0 aromatic carbocycles. The Bertz CT molecular complexity index is 1140. The number of aliphatic hydroxyl groups excluding tert-OH is 3. The van der Waals surface area contributed by atoms with Crippen LogP contribution in [0.3, 0.4) is 0 Å². The topological polar surface area (TPSA) is 186 Å². The Morgan fingerprint density at radius 3 is 1.66 bits per heavy atom. The van der Waals surface area contributed by atoms with E-state index in [9.17, 15) is 37.9 Å². The molecule has 56 heavy (non-hydrogen) atoms. The van der Waals surface area contributed by atoms with E-state index in [1.54, 1.807) is 0 Å². The van der Waals surface area contributed by atoms with Gasteiger partial charge in [0.25, 0.3) is 10.1 Å². The molecule has 0 spiro atoms. The molecule has 13 heteroatoms. The molecular formula is C43H78O12S. The molecule has 0 saturated carbocycles. The second-order valence-electron chi connectivity index (χ2n) is 15.3. The van der Waals surface area contributed by atoms with E-state index in [2.05, 4.69) is 38.2 Å². The molecule has 328 valence electrons. The number of aliphatic hydroxyl groups is 3. The van der Waals surface area contributed by atoms with E-state index in [4.69, 9.17) is 18.9 Å². The second kappa shape index (κ2) is 34.0. The lowest BCUT2D eigenvalue weighted by Gasteiger charge is -2.40. The molecule has 0 aliphatic carbocycles. The van der Waals surface area contributed by atoms with Crippen molar-refractivity contribution in [2.75, 3.05) is 19.0 Å². The Morgan fingerprint density at radius 1 is 0.625 bits per heavy atom. The lowest BCUT2D eigenvalue weighted by Crippen LogP contribution is -2.60. The van der Waals surface area contributed by atoms with E-state index in [1.807, 2.05) is 0 Å². The zero-order valence-corrected chi connectivity index (χ0v) is 35.6. The number of hydrogen-bond acceptors (Lipinski definition) is 11. The third kappa shape index (κ3) is 28.5. The van der Waals surface area contributed by atoms with E-state index in [0.29, 0.717) is 12.8 Å². The van der Waals surface area contributed by atoms with E-state index in [1.165, 1.54) is 83.5 Å². The van der Waals surface area contributed by atoms with Crippen LogP contribution in [0.15, 0.2) is 24.3 Å². The highest BCUT2D eigenvalue weighted by atomic mass is 32.2. The van der Waals surface area contributed by atoms with Crippen molar-refractivity contribution in [3.63, 3.8) is 0 Å². The molecule has 1 aliphatic rings. The Balaban J connectivity index is 2.46. The fourth-order valence-electron chi connectivity index (χ4n) is 6.66. The quantitative estimate of drug-likeness (QED) is 0.0205. The summed E-state index contributed by atoms with van der Waals surface area (Å²) in [6.07, 6.45) is 26.5. The van der Waals surface area contributed by atoms with Gasteiger partial charge in [0.15, 0.2) is 12.4 Å². The highest BCUT2D eigenvalue weighted by Crippen LogP contribution is 2.24. The third-order valence-electron chi connectivity index (χ3n) is 10.0. The van der Waals surface area contributed by atoms with Gasteiger partial charge >= 0.3 is 11.9 Å². The fourth-order valence-corrected chi connectivity index (χ4v) is 7.35. The number of unbranched alkanes of at least 4 members (excludes halogenated alkanes) is 20. The van der Waals surface area contributed by atoms with Crippen LogP contribution in [0.1, 0.15) is 181 Å². The van der Waals surface area contributed by atoms with Gasteiger partial charge in [-0.1, -0.05) is 154 Å². The van der Waals surface area contributed by atoms with Crippen molar-refractivity contribution in [3.8, 4) is 0 Å². The Hall–Kier alpha value is -1.87. The minimum absolute atomic E-state index is 0.167. The average molecular weight is 819 g/mol. The van der Waals surface area contributed by atoms with Crippen molar-refractivity contribution in [1.29, 1.82) is 0 Å². The maximum absolute atomic E-state index is 12.8. The summed E-state index contributed by atoms with van der Waals surface area (Å²) in [5.74, 6) is -1.98. The van der Waals surface area contributed by atoms with Crippen LogP contribution in [-0.2, 0) is 38.7 Å². The fraction of sp³-hybridized carbons (Fsp3) is 0.860. The molecule has 1 fully saturated rings. The summed E-state index contributed by atoms with van der Waals surface area (Å²) in [5.41, 5.74) is 0. The molecule has 0 radical (unpaired) electrons. The van der Waals surface area contributed by atoms with Gasteiger partial charge in [0.2, 0.25) is 0 Å². The van der Waals surface area contributed by atoms with Gasteiger partial charge in [-0.05, 0) is 38.5 Å². The van der Waals surface area contributed by atoms with Gasteiger partial charge in [-0.2, -0.15) is 8.42 Å². The monoisotopic (exact) mass is 819 g/mol. The van der Waals surface area contributed by atoms with Gasteiger partial charge < -0.3 is 34.3 Å². The minimum Gasteiger partial charge on any atom is -0.462 e. The van der Waals surface area contributed by atoms with Crippen molar-refractivity contribution >= 4 is 22.1 Å². The predicted octanol–water partition coefficient (Wildman–Crippen LogP) is 8.45. The molecule has 4 N–H and O–H groups in total. The van der Waals surface area contributed by atoms with Crippen LogP contribution in [0, 0.1) is 0 Å². The molecule has 1 aliphatic heterocycles. The Kier molecular flexibility index (Phi) is 31.7. The van der Waals surface area contributed by atoms with E-state index in [-0.39, 0.29) is 19.4 Å². The first-order valence-corrected chi connectivity index (χ1v) is 23.5. The summed E-state index contributed by atoms with van der Waals surface area (Å²) >= 11 is 0. The zero-order valence-electron chi connectivity index (χ0n) is 34.7. The first-order chi connectivity index (χ1) is 27.0. The molecule has 0 aromatic rings. The molecule has 0 amide bonds. The first kappa shape index (κ1) is 52.1. The van der Waals surface area contributed by atoms with Crippen LogP contribution in [0.25, 0.3) is 0 Å². The Labute approximate surface area is 338 Å². The molecule has 0 aromatic heterocycles. The molecule has 12 nitrogen and oxygen atoms in total. The van der Waals surface area contributed by atoms with E-state index in [0.717, 1.165) is 57.8 Å². The van der Waals surface area contributed by atoms with Gasteiger partial charge in [0, 0.05) is 12.8 Å². The van der Waals surface area contributed by atoms with Crippen molar-refractivity contribution in [2.45, 2.75) is 218 Å². The normalized spacial score (nSPS) is 20.9. The van der Waals surface area contributed by atoms with Crippen molar-refractivity contribution in [2.24, 2.45) is 0 Å². The van der Waals surface area contributed by atoms with Crippen LogP contribution in [-0.4, -0.2) is 96.0 Å². The smallest absolute Gasteiger partial charge is 0.306 e. The van der Waals surface area contributed by atoms with Gasteiger partial charge in [-0.3, -0.25) is 14.1 Å². The third-order valence-corrected chi connectivity index (χ3v) is 10.8. The zero-order chi connectivity index (χ0) is 41.3.